The molecule has 0 bridgehead atoms. The molecule has 27 heavy (non-hydrogen) atoms. The van der Waals surface area contributed by atoms with Crippen LogP contribution in [0.2, 0.25) is 0 Å². The number of nitrogens with zero attached hydrogens (tertiary/aromatic N) is 2. The predicted octanol–water partition coefficient (Wildman–Crippen LogP) is 4.55. The number of allylic oxidation sites excluding steroid dienone is 3. The zero-order valence-electron chi connectivity index (χ0n) is 15.9. The topological polar surface area (TPSA) is 67.5 Å². The van der Waals surface area contributed by atoms with Gasteiger partial charge < -0.3 is 14.9 Å². The maximum absolute atomic E-state index is 10.8. The summed E-state index contributed by atoms with van der Waals surface area (Å²) < 4.78 is 7.09. The lowest BCUT2D eigenvalue weighted by Crippen LogP contribution is -2.30. The van der Waals surface area contributed by atoms with Crippen LogP contribution < -0.4 is 0 Å². The molecule has 1 aromatic heterocycles. The molecule has 5 heteroatoms. The van der Waals surface area contributed by atoms with Crippen LogP contribution in [0.25, 0.3) is 11.1 Å². The summed E-state index contributed by atoms with van der Waals surface area (Å²) in [6.45, 7) is 9.59. The van der Waals surface area contributed by atoms with E-state index in [1.54, 1.807) is 18.3 Å². The summed E-state index contributed by atoms with van der Waals surface area (Å²) in [6, 6.07) is 3.72. The average molecular weight is 366 g/mol. The Morgan fingerprint density at radius 2 is 1.93 bits per heavy atom. The van der Waals surface area contributed by atoms with E-state index in [-0.39, 0.29) is 29.4 Å². The molecule has 2 aliphatic rings. The first-order valence-corrected chi connectivity index (χ1v) is 9.45. The van der Waals surface area contributed by atoms with Crippen molar-refractivity contribution in [3.8, 4) is 22.6 Å². The molecule has 2 aromatic rings. The van der Waals surface area contributed by atoms with Gasteiger partial charge in [0.15, 0.2) is 0 Å². The first-order valence-electron chi connectivity index (χ1n) is 9.45. The summed E-state index contributed by atoms with van der Waals surface area (Å²) in [6.07, 6.45) is 7.86. The van der Waals surface area contributed by atoms with Gasteiger partial charge in [-0.15, -0.1) is 0 Å². The second kappa shape index (κ2) is 6.89. The highest BCUT2D eigenvalue weighted by Crippen LogP contribution is 2.47. The maximum atomic E-state index is 10.8. The molecule has 0 amide bonds. The molecule has 2 N–H and O–H groups in total. The van der Waals surface area contributed by atoms with Crippen molar-refractivity contribution in [1.82, 2.24) is 9.78 Å². The SMILES string of the molecule is C=C(C)[C@@H]1CCC(C)=C[C@H]1c1c(O)cc(-c2cnn(C3COC3)c2)cc1O. The number of benzene rings is 1. The van der Waals surface area contributed by atoms with E-state index in [0.29, 0.717) is 18.8 Å². The van der Waals surface area contributed by atoms with Crippen molar-refractivity contribution < 1.29 is 14.9 Å². The molecule has 1 aliphatic carbocycles. The Morgan fingerprint density at radius 1 is 1.22 bits per heavy atom. The van der Waals surface area contributed by atoms with Gasteiger partial charge >= 0.3 is 0 Å². The van der Waals surface area contributed by atoms with Crippen LogP contribution in [0.3, 0.4) is 0 Å². The standard InChI is InChI=1S/C22H26N2O3/c1-13(2)18-5-4-14(3)6-19(18)22-20(25)7-15(8-21(22)26)16-9-23-24(10-16)17-11-27-12-17/h6-10,17-19,25-26H,1,4-5,11-12H2,2-3H3/t18-,19+/m0/s1. The van der Waals surface area contributed by atoms with E-state index in [9.17, 15) is 10.2 Å². The van der Waals surface area contributed by atoms with Gasteiger partial charge in [-0.2, -0.15) is 5.10 Å². The molecule has 1 fully saturated rings. The molecule has 142 valence electrons. The summed E-state index contributed by atoms with van der Waals surface area (Å²) in [5, 5.41) is 25.9. The number of phenolic OH excluding ortho intramolecular Hbond substituents is 2. The van der Waals surface area contributed by atoms with E-state index >= 15 is 0 Å². The van der Waals surface area contributed by atoms with Crippen LogP contribution in [0.15, 0.2) is 48.3 Å². The largest absolute Gasteiger partial charge is 0.507 e. The van der Waals surface area contributed by atoms with E-state index in [1.165, 1.54) is 5.57 Å². The van der Waals surface area contributed by atoms with Gasteiger partial charge in [-0.3, -0.25) is 4.68 Å². The number of hydrogen-bond donors (Lipinski definition) is 2. The minimum Gasteiger partial charge on any atom is -0.507 e. The Bertz CT molecular complexity index is 885. The molecule has 0 unspecified atom stereocenters. The van der Waals surface area contributed by atoms with Gasteiger partial charge in [-0.05, 0) is 50.3 Å². The summed E-state index contributed by atoms with van der Waals surface area (Å²) in [4.78, 5) is 0. The number of phenols is 2. The van der Waals surface area contributed by atoms with Crippen molar-refractivity contribution in [2.24, 2.45) is 5.92 Å². The molecule has 0 saturated carbocycles. The minimum absolute atomic E-state index is 0.0554. The van der Waals surface area contributed by atoms with E-state index < -0.39 is 0 Å². The summed E-state index contributed by atoms with van der Waals surface area (Å²) in [5.41, 5.74) is 4.57. The van der Waals surface area contributed by atoms with Crippen LogP contribution in [-0.2, 0) is 4.74 Å². The number of aromatic nitrogens is 2. The third-order valence-electron chi connectivity index (χ3n) is 5.78. The van der Waals surface area contributed by atoms with Crippen LogP contribution in [0.1, 0.15) is 44.2 Å². The fourth-order valence-corrected chi connectivity index (χ4v) is 4.10. The second-order valence-electron chi connectivity index (χ2n) is 7.86. The Hall–Kier alpha value is -2.53. The Labute approximate surface area is 159 Å². The number of hydrogen-bond acceptors (Lipinski definition) is 4. The molecule has 2 heterocycles. The summed E-state index contributed by atoms with van der Waals surface area (Å²) >= 11 is 0. The Kier molecular flexibility index (Phi) is 4.56. The zero-order chi connectivity index (χ0) is 19.1. The highest BCUT2D eigenvalue weighted by Gasteiger charge is 2.30. The Balaban J connectivity index is 1.70. The lowest BCUT2D eigenvalue weighted by Gasteiger charge is -2.31. The summed E-state index contributed by atoms with van der Waals surface area (Å²) in [5.74, 6) is 0.400. The molecule has 0 spiro atoms. The van der Waals surface area contributed by atoms with Crippen molar-refractivity contribution in [2.75, 3.05) is 13.2 Å². The molecule has 1 aliphatic heterocycles. The van der Waals surface area contributed by atoms with Gasteiger partial charge in [-0.1, -0.05) is 23.8 Å². The van der Waals surface area contributed by atoms with Gasteiger partial charge in [0.05, 0.1) is 25.5 Å². The lowest BCUT2D eigenvalue weighted by atomic mass is 9.73. The van der Waals surface area contributed by atoms with Gasteiger partial charge in [0.25, 0.3) is 0 Å². The van der Waals surface area contributed by atoms with Crippen molar-refractivity contribution >= 4 is 0 Å². The fourth-order valence-electron chi connectivity index (χ4n) is 4.10. The quantitative estimate of drug-likeness (QED) is 0.779. The third kappa shape index (κ3) is 3.28. The third-order valence-corrected chi connectivity index (χ3v) is 5.78. The first kappa shape index (κ1) is 17.9. The van der Waals surface area contributed by atoms with E-state index in [2.05, 4.69) is 24.7 Å². The normalized spacial score (nSPS) is 23.0. The van der Waals surface area contributed by atoms with Crippen LogP contribution >= 0.6 is 0 Å². The Morgan fingerprint density at radius 3 is 2.52 bits per heavy atom. The molecular formula is C22H26N2O3. The molecule has 4 rings (SSSR count). The average Bonchev–Trinajstić information content (AvgIpc) is 3.01. The highest BCUT2D eigenvalue weighted by molar-refractivity contribution is 5.68. The fraction of sp³-hybridized carbons (Fsp3) is 0.409. The van der Waals surface area contributed by atoms with Gasteiger partial charge in [-0.25, -0.2) is 0 Å². The van der Waals surface area contributed by atoms with Crippen LogP contribution in [-0.4, -0.2) is 33.2 Å². The predicted molar refractivity (Wildman–Crippen MR) is 105 cm³/mol. The van der Waals surface area contributed by atoms with E-state index in [4.69, 9.17) is 4.74 Å². The maximum Gasteiger partial charge on any atom is 0.123 e. The van der Waals surface area contributed by atoms with Crippen molar-refractivity contribution in [2.45, 2.75) is 38.6 Å². The molecule has 1 saturated heterocycles. The molecule has 2 atom stereocenters. The van der Waals surface area contributed by atoms with Crippen molar-refractivity contribution in [1.29, 1.82) is 0 Å². The second-order valence-corrected chi connectivity index (χ2v) is 7.86. The lowest BCUT2D eigenvalue weighted by molar-refractivity contribution is -0.0286. The van der Waals surface area contributed by atoms with Crippen molar-refractivity contribution in [3.63, 3.8) is 0 Å². The van der Waals surface area contributed by atoms with E-state index in [0.717, 1.165) is 29.5 Å². The first-order chi connectivity index (χ1) is 12.9. The van der Waals surface area contributed by atoms with Gasteiger partial charge in [0, 0.05) is 23.2 Å². The molecule has 5 nitrogen and oxygen atoms in total. The van der Waals surface area contributed by atoms with Crippen LogP contribution in [0.4, 0.5) is 0 Å². The summed E-state index contributed by atoms with van der Waals surface area (Å²) in [7, 11) is 0. The number of ether oxygens (including phenoxy) is 1. The molecular weight excluding hydrogens is 340 g/mol. The monoisotopic (exact) mass is 366 g/mol. The van der Waals surface area contributed by atoms with Crippen LogP contribution in [0.5, 0.6) is 11.5 Å². The molecule has 1 aromatic carbocycles. The van der Waals surface area contributed by atoms with Crippen LogP contribution in [0, 0.1) is 5.92 Å². The van der Waals surface area contributed by atoms with Gasteiger partial charge in [0.2, 0.25) is 0 Å². The number of aromatic hydroxyl groups is 2. The smallest absolute Gasteiger partial charge is 0.123 e. The van der Waals surface area contributed by atoms with E-state index in [1.807, 2.05) is 17.8 Å². The number of rotatable bonds is 4. The highest BCUT2D eigenvalue weighted by atomic mass is 16.5. The van der Waals surface area contributed by atoms with Gasteiger partial charge in [0.1, 0.15) is 11.5 Å². The molecule has 0 radical (unpaired) electrons. The minimum atomic E-state index is -0.0554. The zero-order valence-corrected chi connectivity index (χ0v) is 15.9. The van der Waals surface area contributed by atoms with Crippen molar-refractivity contribution in [3.05, 3.63) is 53.9 Å².